The van der Waals surface area contributed by atoms with Crippen LogP contribution in [0.1, 0.15) is 0 Å². The minimum Gasteiger partial charge on any atom is -0.490 e. The Morgan fingerprint density at radius 3 is 2.70 bits per heavy atom. The van der Waals surface area contributed by atoms with Gasteiger partial charge in [0.15, 0.2) is 5.75 Å². The lowest BCUT2D eigenvalue weighted by Crippen LogP contribution is -1.99. The number of halogens is 2. The topological polar surface area (TPSA) is 64.4 Å². The highest BCUT2D eigenvalue weighted by Crippen LogP contribution is 2.36. The third kappa shape index (κ3) is 2.80. The van der Waals surface area contributed by atoms with Crippen LogP contribution in [0.15, 0.2) is 36.4 Å². The number of nitro benzene ring substituents is 1. The van der Waals surface area contributed by atoms with E-state index in [9.17, 15) is 14.5 Å². The molecule has 2 aromatic rings. The molecule has 104 valence electrons. The van der Waals surface area contributed by atoms with E-state index < -0.39 is 10.7 Å². The molecule has 0 heterocycles. The van der Waals surface area contributed by atoms with E-state index in [0.717, 1.165) is 0 Å². The van der Waals surface area contributed by atoms with Crippen LogP contribution in [0.2, 0.25) is 5.02 Å². The zero-order valence-corrected chi connectivity index (χ0v) is 11.1. The highest BCUT2D eigenvalue weighted by atomic mass is 35.5. The molecule has 0 radical (unpaired) electrons. The van der Waals surface area contributed by atoms with Crippen LogP contribution in [0.25, 0.3) is 0 Å². The molecule has 0 fully saturated rings. The number of hydrogen-bond donors (Lipinski definition) is 1. The van der Waals surface area contributed by atoms with Crippen molar-refractivity contribution in [1.29, 1.82) is 0 Å². The van der Waals surface area contributed by atoms with Crippen molar-refractivity contribution in [2.45, 2.75) is 0 Å². The second-order valence-electron chi connectivity index (χ2n) is 3.87. The van der Waals surface area contributed by atoms with Crippen molar-refractivity contribution >= 4 is 28.7 Å². The predicted octanol–water partition coefficient (Wildman–Crippen LogP) is 4.14. The fraction of sp³-hybridized carbons (Fsp3) is 0.0769. The Labute approximate surface area is 119 Å². The molecule has 0 saturated heterocycles. The van der Waals surface area contributed by atoms with E-state index in [1.807, 2.05) is 0 Å². The van der Waals surface area contributed by atoms with Gasteiger partial charge in [0, 0.05) is 5.69 Å². The summed E-state index contributed by atoms with van der Waals surface area (Å²) in [6.45, 7) is 0. The molecule has 0 aliphatic heterocycles. The van der Waals surface area contributed by atoms with Gasteiger partial charge in [-0.05, 0) is 30.3 Å². The summed E-state index contributed by atoms with van der Waals surface area (Å²) in [4.78, 5) is 10.6. The largest absolute Gasteiger partial charge is 0.490 e. The number of benzene rings is 2. The highest BCUT2D eigenvalue weighted by Gasteiger charge is 2.20. The van der Waals surface area contributed by atoms with E-state index in [1.165, 1.54) is 37.4 Å². The molecule has 0 amide bonds. The summed E-state index contributed by atoms with van der Waals surface area (Å²) in [6, 6.07) is 8.58. The van der Waals surface area contributed by atoms with Crippen molar-refractivity contribution in [3.05, 3.63) is 57.4 Å². The van der Waals surface area contributed by atoms with Crippen LogP contribution >= 0.6 is 11.6 Å². The molecule has 5 nitrogen and oxygen atoms in total. The summed E-state index contributed by atoms with van der Waals surface area (Å²) in [7, 11) is 1.35. The fourth-order valence-electron chi connectivity index (χ4n) is 1.71. The Kier molecular flexibility index (Phi) is 4.05. The lowest BCUT2D eigenvalue weighted by atomic mass is 10.2. The zero-order chi connectivity index (χ0) is 14.7. The van der Waals surface area contributed by atoms with Gasteiger partial charge in [0.1, 0.15) is 11.5 Å². The second-order valence-corrected chi connectivity index (χ2v) is 4.27. The number of nitro groups is 1. The van der Waals surface area contributed by atoms with Crippen molar-refractivity contribution in [3.63, 3.8) is 0 Å². The van der Waals surface area contributed by atoms with E-state index in [-0.39, 0.29) is 22.1 Å². The molecule has 0 atom stereocenters. The lowest BCUT2D eigenvalue weighted by molar-refractivity contribution is -0.384. The number of methoxy groups -OCH3 is 1. The van der Waals surface area contributed by atoms with Gasteiger partial charge in [0.05, 0.1) is 17.1 Å². The molecular weight excluding hydrogens is 287 g/mol. The number of rotatable bonds is 4. The van der Waals surface area contributed by atoms with Crippen molar-refractivity contribution < 1.29 is 14.1 Å². The maximum Gasteiger partial charge on any atom is 0.334 e. The third-order valence-electron chi connectivity index (χ3n) is 2.60. The zero-order valence-electron chi connectivity index (χ0n) is 10.4. The smallest absolute Gasteiger partial charge is 0.334 e. The van der Waals surface area contributed by atoms with Gasteiger partial charge in [0.25, 0.3) is 0 Å². The molecule has 7 heteroatoms. The average Bonchev–Trinajstić information content (AvgIpc) is 2.42. The van der Waals surface area contributed by atoms with Crippen LogP contribution in [0.5, 0.6) is 5.75 Å². The van der Waals surface area contributed by atoms with Gasteiger partial charge in [-0.25, -0.2) is 4.39 Å². The van der Waals surface area contributed by atoms with Crippen molar-refractivity contribution in [2.75, 3.05) is 12.4 Å². The monoisotopic (exact) mass is 296 g/mol. The highest BCUT2D eigenvalue weighted by molar-refractivity contribution is 6.31. The Balaban J connectivity index is 2.42. The Hall–Kier alpha value is -2.34. The van der Waals surface area contributed by atoms with E-state index in [0.29, 0.717) is 5.69 Å². The van der Waals surface area contributed by atoms with Gasteiger partial charge in [-0.15, -0.1) is 0 Å². The van der Waals surface area contributed by atoms with Gasteiger partial charge in [-0.2, -0.15) is 0 Å². The average molecular weight is 297 g/mol. The summed E-state index contributed by atoms with van der Waals surface area (Å²) in [5.74, 6) is -0.425. The SMILES string of the molecule is COc1cccc(Nc2ccc(F)c(Cl)c2)c1[N+](=O)[O-]. The van der Waals surface area contributed by atoms with Crippen LogP contribution < -0.4 is 10.1 Å². The number of ether oxygens (including phenoxy) is 1. The molecular formula is C13H10ClFN2O3. The molecule has 0 saturated carbocycles. The van der Waals surface area contributed by atoms with E-state index in [4.69, 9.17) is 16.3 Å². The van der Waals surface area contributed by atoms with Gasteiger partial charge >= 0.3 is 5.69 Å². The summed E-state index contributed by atoms with van der Waals surface area (Å²) in [5.41, 5.74) is 0.472. The first-order chi connectivity index (χ1) is 9.52. The normalized spacial score (nSPS) is 10.2. The quantitative estimate of drug-likeness (QED) is 0.680. The van der Waals surface area contributed by atoms with Crippen LogP contribution in [0, 0.1) is 15.9 Å². The molecule has 0 unspecified atom stereocenters. The van der Waals surface area contributed by atoms with Gasteiger partial charge in [-0.3, -0.25) is 10.1 Å². The summed E-state index contributed by atoms with van der Waals surface area (Å²) in [5, 5.41) is 13.9. The summed E-state index contributed by atoms with van der Waals surface area (Å²) < 4.78 is 18.0. The van der Waals surface area contributed by atoms with E-state index in [2.05, 4.69) is 5.32 Å². The van der Waals surface area contributed by atoms with E-state index >= 15 is 0 Å². The molecule has 0 bridgehead atoms. The molecule has 0 spiro atoms. The molecule has 20 heavy (non-hydrogen) atoms. The first-order valence-electron chi connectivity index (χ1n) is 5.56. The Morgan fingerprint density at radius 2 is 2.10 bits per heavy atom. The minimum absolute atomic E-state index is 0.0689. The van der Waals surface area contributed by atoms with E-state index in [1.54, 1.807) is 6.07 Å². The molecule has 0 aromatic heterocycles. The van der Waals surface area contributed by atoms with Crippen molar-refractivity contribution in [1.82, 2.24) is 0 Å². The first kappa shape index (κ1) is 14.1. The molecule has 0 aliphatic carbocycles. The van der Waals surface area contributed by atoms with Crippen molar-refractivity contribution in [2.24, 2.45) is 0 Å². The Morgan fingerprint density at radius 1 is 1.35 bits per heavy atom. The first-order valence-corrected chi connectivity index (χ1v) is 5.94. The van der Waals surface area contributed by atoms with Crippen LogP contribution in [-0.4, -0.2) is 12.0 Å². The second kappa shape index (κ2) is 5.75. The fourth-order valence-corrected chi connectivity index (χ4v) is 1.89. The van der Waals surface area contributed by atoms with Gasteiger partial charge in [-0.1, -0.05) is 17.7 Å². The summed E-state index contributed by atoms with van der Waals surface area (Å²) in [6.07, 6.45) is 0. The standard InChI is InChI=1S/C13H10ClFN2O3/c1-20-12-4-2-3-11(13(12)17(18)19)16-8-5-6-10(15)9(14)7-8/h2-7,16H,1H3. The Bertz CT molecular complexity index is 664. The summed E-state index contributed by atoms with van der Waals surface area (Å²) >= 11 is 5.67. The molecule has 1 N–H and O–H groups in total. The van der Waals surface area contributed by atoms with Crippen LogP contribution in [0.3, 0.4) is 0 Å². The maximum absolute atomic E-state index is 13.1. The van der Waals surface area contributed by atoms with Gasteiger partial charge in [0.2, 0.25) is 0 Å². The number of nitrogens with zero attached hydrogens (tertiary/aromatic N) is 1. The van der Waals surface area contributed by atoms with Gasteiger partial charge < -0.3 is 10.1 Å². The number of hydrogen-bond acceptors (Lipinski definition) is 4. The number of anilines is 2. The molecule has 2 rings (SSSR count). The maximum atomic E-state index is 13.1. The molecule has 0 aliphatic rings. The number of nitrogens with one attached hydrogen (secondary N) is 1. The number of para-hydroxylation sites is 1. The van der Waals surface area contributed by atoms with Crippen LogP contribution in [0.4, 0.5) is 21.5 Å². The minimum atomic E-state index is -0.558. The predicted molar refractivity (Wildman–Crippen MR) is 74.3 cm³/mol. The molecule has 2 aromatic carbocycles. The van der Waals surface area contributed by atoms with Crippen LogP contribution in [-0.2, 0) is 0 Å². The third-order valence-corrected chi connectivity index (χ3v) is 2.89. The lowest BCUT2D eigenvalue weighted by Gasteiger charge is -2.10. The van der Waals surface area contributed by atoms with Crippen molar-refractivity contribution in [3.8, 4) is 5.75 Å².